The molecule has 0 aliphatic heterocycles. The molecule has 1 unspecified atom stereocenters. The zero-order valence-corrected chi connectivity index (χ0v) is 10.5. The molecule has 2 rings (SSSR count). The van der Waals surface area contributed by atoms with Gasteiger partial charge in [0.15, 0.2) is 0 Å². The minimum absolute atomic E-state index is 0.169. The van der Waals surface area contributed by atoms with Crippen molar-refractivity contribution in [2.75, 3.05) is 6.61 Å². The average molecular weight is 243 g/mol. The molecule has 94 valence electrons. The zero-order valence-electron chi connectivity index (χ0n) is 10.5. The first-order chi connectivity index (χ1) is 8.81. The van der Waals surface area contributed by atoms with Crippen LogP contribution in [-0.2, 0) is 16.1 Å². The summed E-state index contributed by atoms with van der Waals surface area (Å²) in [6.07, 6.45) is 3.91. The van der Waals surface area contributed by atoms with Crippen LogP contribution in [0.15, 0.2) is 54.9 Å². The van der Waals surface area contributed by atoms with Gasteiger partial charge in [-0.25, -0.2) is 0 Å². The molecule has 1 atom stereocenters. The minimum Gasteiger partial charge on any atom is -0.465 e. The Hall–Kier alpha value is -2.03. The molecule has 0 aliphatic carbocycles. The Morgan fingerprint density at radius 3 is 2.44 bits per heavy atom. The molecule has 1 aromatic heterocycles. The van der Waals surface area contributed by atoms with Crippen LogP contribution in [0.1, 0.15) is 18.4 Å². The summed E-state index contributed by atoms with van der Waals surface area (Å²) in [4.78, 5) is 12.0. The average Bonchev–Trinajstić information content (AvgIpc) is 2.90. The summed E-state index contributed by atoms with van der Waals surface area (Å²) in [6, 6.07) is 13.7. The van der Waals surface area contributed by atoms with Crippen LogP contribution in [0.3, 0.4) is 0 Å². The van der Waals surface area contributed by atoms with E-state index in [1.54, 1.807) is 0 Å². The second kappa shape index (κ2) is 6.05. The lowest BCUT2D eigenvalue weighted by atomic mass is 9.99. The summed E-state index contributed by atoms with van der Waals surface area (Å²) >= 11 is 0. The lowest BCUT2D eigenvalue weighted by molar-refractivity contribution is -0.145. The highest BCUT2D eigenvalue weighted by atomic mass is 16.5. The molecule has 0 fully saturated rings. The van der Waals surface area contributed by atoms with E-state index in [2.05, 4.69) is 0 Å². The number of benzene rings is 1. The molecule has 0 saturated carbocycles. The number of hydrogen-bond donors (Lipinski definition) is 0. The second-order valence-electron chi connectivity index (χ2n) is 4.10. The van der Waals surface area contributed by atoms with E-state index in [0.29, 0.717) is 13.2 Å². The molecule has 0 spiro atoms. The van der Waals surface area contributed by atoms with Crippen molar-refractivity contribution >= 4 is 5.97 Å². The first-order valence-electron chi connectivity index (χ1n) is 6.13. The lowest BCUT2D eigenvalue weighted by Crippen LogP contribution is -2.20. The highest BCUT2D eigenvalue weighted by Gasteiger charge is 2.21. The fourth-order valence-corrected chi connectivity index (χ4v) is 1.95. The molecule has 1 heterocycles. The number of carbonyl (C=O) groups excluding carboxylic acids is 1. The lowest BCUT2D eigenvalue weighted by Gasteiger charge is -2.16. The Morgan fingerprint density at radius 1 is 1.17 bits per heavy atom. The maximum atomic E-state index is 12.0. The van der Waals surface area contributed by atoms with Gasteiger partial charge in [0.1, 0.15) is 0 Å². The molecule has 0 saturated heterocycles. The number of aromatic nitrogens is 1. The van der Waals surface area contributed by atoms with Crippen molar-refractivity contribution in [3.8, 4) is 0 Å². The number of nitrogens with zero attached hydrogens (tertiary/aromatic N) is 1. The highest BCUT2D eigenvalue weighted by molar-refractivity contribution is 5.78. The van der Waals surface area contributed by atoms with Crippen LogP contribution in [0.25, 0.3) is 0 Å². The van der Waals surface area contributed by atoms with E-state index in [1.807, 2.05) is 66.3 Å². The quantitative estimate of drug-likeness (QED) is 0.756. The van der Waals surface area contributed by atoms with E-state index in [-0.39, 0.29) is 11.9 Å². The van der Waals surface area contributed by atoms with E-state index >= 15 is 0 Å². The van der Waals surface area contributed by atoms with Gasteiger partial charge in [-0.15, -0.1) is 0 Å². The standard InChI is InChI=1S/C15H17NO2/c1-2-18-15(17)14(12-16-10-6-7-11-16)13-8-4-3-5-9-13/h3-11,14H,2,12H2,1H3. The molecular weight excluding hydrogens is 226 g/mol. The SMILES string of the molecule is CCOC(=O)C(Cn1cccc1)c1ccccc1. The van der Waals surface area contributed by atoms with Crippen molar-refractivity contribution in [3.05, 3.63) is 60.4 Å². The molecule has 3 heteroatoms. The van der Waals surface area contributed by atoms with Gasteiger partial charge in [0.2, 0.25) is 0 Å². The maximum Gasteiger partial charge on any atom is 0.315 e. The van der Waals surface area contributed by atoms with E-state index < -0.39 is 0 Å². The Bertz CT molecular complexity index is 476. The van der Waals surface area contributed by atoms with Crippen LogP contribution < -0.4 is 0 Å². The molecular formula is C15H17NO2. The monoisotopic (exact) mass is 243 g/mol. The molecule has 0 N–H and O–H groups in total. The Balaban J connectivity index is 2.20. The first kappa shape index (κ1) is 12.4. The van der Waals surface area contributed by atoms with Gasteiger partial charge < -0.3 is 9.30 Å². The first-order valence-corrected chi connectivity index (χ1v) is 6.13. The van der Waals surface area contributed by atoms with Gasteiger partial charge in [0, 0.05) is 18.9 Å². The van der Waals surface area contributed by atoms with Crippen molar-refractivity contribution in [3.63, 3.8) is 0 Å². The van der Waals surface area contributed by atoms with Crippen LogP contribution in [0.2, 0.25) is 0 Å². The predicted molar refractivity (Wildman–Crippen MR) is 70.2 cm³/mol. The zero-order chi connectivity index (χ0) is 12.8. The third kappa shape index (κ3) is 3.00. The summed E-state index contributed by atoms with van der Waals surface area (Å²) in [5, 5.41) is 0. The van der Waals surface area contributed by atoms with Crippen LogP contribution in [0.4, 0.5) is 0 Å². The van der Waals surface area contributed by atoms with E-state index in [0.717, 1.165) is 5.56 Å². The van der Waals surface area contributed by atoms with Crippen molar-refractivity contribution < 1.29 is 9.53 Å². The van der Waals surface area contributed by atoms with Crippen molar-refractivity contribution in [1.29, 1.82) is 0 Å². The molecule has 0 bridgehead atoms. The van der Waals surface area contributed by atoms with Gasteiger partial charge in [-0.2, -0.15) is 0 Å². The van der Waals surface area contributed by atoms with Crippen molar-refractivity contribution in [2.24, 2.45) is 0 Å². The molecule has 2 aromatic rings. The topological polar surface area (TPSA) is 31.2 Å². The summed E-state index contributed by atoms with van der Waals surface area (Å²) in [7, 11) is 0. The van der Waals surface area contributed by atoms with Gasteiger partial charge in [-0.05, 0) is 24.6 Å². The van der Waals surface area contributed by atoms with E-state index in [4.69, 9.17) is 4.74 Å². The van der Waals surface area contributed by atoms with Gasteiger partial charge in [-0.3, -0.25) is 4.79 Å². The Kier molecular flexibility index (Phi) is 4.18. The summed E-state index contributed by atoms with van der Waals surface area (Å²) < 4.78 is 7.15. The summed E-state index contributed by atoms with van der Waals surface area (Å²) in [5.74, 6) is -0.420. The van der Waals surface area contributed by atoms with Crippen LogP contribution in [0.5, 0.6) is 0 Å². The smallest absolute Gasteiger partial charge is 0.315 e. The highest BCUT2D eigenvalue weighted by Crippen LogP contribution is 2.19. The Morgan fingerprint density at radius 2 is 1.83 bits per heavy atom. The number of rotatable bonds is 5. The molecule has 3 nitrogen and oxygen atoms in total. The van der Waals surface area contributed by atoms with E-state index in [1.165, 1.54) is 0 Å². The van der Waals surface area contributed by atoms with Gasteiger partial charge in [0.25, 0.3) is 0 Å². The summed E-state index contributed by atoms with van der Waals surface area (Å²) in [5.41, 5.74) is 0.990. The number of ether oxygens (including phenoxy) is 1. The molecule has 0 radical (unpaired) electrons. The van der Waals surface area contributed by atoms with Crippen molar-refractivity contribution in [1.82, 2.24) is 4.57 Å². The largest absolute Gasteiger partial charge is 0.465 e. The predicted octanol–water partition coefficient (Wildman–Crippen LogP) is 2.84. The summed E-state index contributed by atoms with van der Waals surface area (Å²) in [6.45, 7) is 2.85. The fourth-order valence-electron chi connectivity index (χ4n) is 1.95. The van der Waals surface area contributed by atoms with Gasteiger partial charge in [-0.1, -0.05) is 30.3 Å². The number of esters is 1. The number of carbonyl (C=O) groups is 1. The molecule has 0 aliphatic rings. The normalized spacial score (nSPS) is 12.1. The Labute approximate surface area is 107 Å². The van der Waals surface area contributed by atoms with Crippen molar-refractivity contribution in [2.45, 2.75) is 19.4 Å². The van der Waals surface area contributed by atoms with Gasteiger partial charge in [0.05, 0.1) is 12.5 Å². The fraction of sp³-hybridized carbons (Fsp3) is 0.267. The van der Waals surface area contributed by atoms with E-state index in [9.17, 15) is 4.79 Å². The minimum atomic E-state index is -0.251. The maximum absolute atomic E-state index is 12.0. The third-order valence-electron chi connectivity index (χ3n) is 2.83. The molecule has 18 heavy (non-hydrogen) atoms. The number of hydrogen-bond acceptors (Lipinski definition) is 2. The molecule has 1 aromatic carbocycles. The second-order valence-corrected chi connectivity index (χ2v) is 4.10. The third-order valence-corrected chi connectivity index (χ3v) is 2.83. The van der Waals surface area contributed by atoms with Crippen LogP contribution in [0, 0.1) is 0 Å². The van der Waals surface area contributed by atoms with Crippen LogP contribution >= 0.6 is 0 Å². The molecule has 0 amide bonds. The van der Waals surface area contributed by atoms with Crippen LogP contribution in [-0.4, -0.2) is 17.1 Å². The van der Waals surface area contributed by atoms with Gasteiger partial charge >= 0.3 is 5.97 Å².